The fourth-order valence-corrected chi connectivity index (χ4v) is 4.14. The molecule has 0 saturated heterocycles. The van der Waals surface area contributed by atoms with Crippen LogP contribution in [0.4, 0.5) is 16.0 Å². The predicted octanol–water partition coefficient (Wildman–Crippen LogP) is 5.61. The first-order valence-electron chi connectivity index (χ1n) is 14.2. The number of benzene rings is 3. The fraction of sp³-hybridized carbons (Fsp3) is 0.242. The van der Waals surface area contributed by atoms with Crippen molar-refractivity contribution in [3.63, 3.8) is 0 Å². The molecule has 0 aliphatic rings. The molecule has 10 nitrogen and oxygen atoms in total. The van der Waals surface area contributed by atoms with E-state index in [2.05, 4.69) is 20.6 Å². The summed E-state index contributed by atoms with van der Waals surface area (Å²) in [7, 11) is 0. The van der Waals surface area contributed by atoms with Crippen molar-refractivity contribution in [2.75, 3.05) is 18.5 Å². The Labute approximate surface area is 254 Å². The van der Waals surface area contributed by atoms with Crippen molar-refractivity contribution < 1.29 is 33.0 Å². The second-order valence-corrected chi connectivity index (χ2v) is 9.49. The van der Waals surface area contributed by atoms with E-state index in [1.807, 2.05) is 30.3 Å². The third kappa shape index (κ3) is 9.09. The summed E-state index contributed by atoms with van der Waals surface area (Å²) in [5.41, 5.74) is 2.68. The van der Waals surface area contributed by atoms with Crippen LogP contribution in [0.25, 0.3) is 11.3 Å². The Hall–Kier alpha value is -5.32. The molecule has 44 heavy (non-hydrogen) atoms. The summed E-state index contributed by atoms with van der Waals surface area (Å²) < 4.78 is 30.0. The molecule has 228 valence electrons. The number of hydrogen-bond donors (Lipinski definition) is 2. The summed E-state index contributed by atoms with van der Waals surface area (Å²) in [5.74, 6) is -1.51. The summed E-state index contributed by atoms with van der Waals surface area (Å²) in [6.45, 7) is 3.68. The van der Waals surface area contributed by atoms with Crippen LogP contribution in [0.3, 0.4) is 0 Å². The Balaban J connectivity index is 1.48. The number of carbonyl (C=O) groups is 3. The van der Waals surface area contributed by atoms with Gasteiger partial charge in [0.05, 0.1) is 18.9 Å². The average molecular weight is 601 g/mol. The molecule has 0 aliphatic carbocycles. The van der Waals surface area contributed by atoms with Crippen LogP contribution < -0.4 is 15.4 Å². The fourth-order valence-electron chi connectivity index (χ4n) is 4.14. The van der Waals surface area contributed by atoms with Gasteiger partial charge in [0.15, 0.2) is 0 Å². The molecule has 2 N–H and O–H groups in total. The van der Waals surface area contributed by atoms with Gasteiger partial charge in [0.2, 0.25) is 11.8 Å². The number of nitrogens with one attached hydrogen (secondary N) is 2. The van der Waals surface area contributed by atoms with E-state index < -0.39 is 23.9 Å². The third-order valence-electron chi connectivity index (χ3n) is 6.33. The molecule has 11 heteroatoms. The van der Waals surface area contributed by atoms with Crippen LogP contribution in [0.2, 0.25) is 0 Å². The van der Waals surface area contributed by atoms with Gasteiger partial charge in [0, 0.05) is 34.9 Å². The highest BCUT2D eigenvalue weighted by atomic mass is 19.1. The van der Waals surface area contributed by atoms with Gasteiger partial charge in [-0.05, 0) is 50.6 Å². The molecule has 3 aromatic carbocycles. The van der Waals surface area contributed by atoms with Gasteiger partial charge in [-0.3, -0.25) is 9.59 Å². The van der Waals surface area contributed by atoms with Crippen molar-refractivity contribution in [1.82, 2.24) is 15.3 Å². The molecule has 1 amide bonds. The van der Waals surface area contributed by atoms with E-state index in [1.54, 1.807) is 62.4 Å². The second kappa shape index (κ2) is 15.8. The lowest BCUT2D eigenvalue weighted by atomic mass is 10.1. The number of esters is 2. The van der Waals surface area contributed by atoms with Crippen molar-refractivity contribution >= 4 is 29.5 Å². The van der Waals surface area contributed by atoms with E-state index in [0.717, 1.165) is 5.56 Å². The standard InChI is InChI=1S/C33H33FN4O6/c1-3-42-30(39)19-18-27(32(41)43-4-2)36-31(40)23-14-16-25(17-15-23)35-33-37-28(22-10-6-5-7-11-22)20-29(38-33)44-21-24-12-8-9-13-26(24)34/h5-17,20,27H,3-4,18-19,21H2,1-2H3,(H,36,40)(H,35,37,38)/t27-/m0/s1. The molecule has 4 aromatic rings. The van der Waals surface area contributed by atoms with Crippen molar-refractivity contribution in [3.05, 3.63) is 102 Å². The molecule has 0 bridgehead atoms. The van der Waals surface area contributed by atoms with Gasteiger partial charge in [-0.15, -0.1) is 0 Å². The number of anilines is 2. The van der Waals surface area contributed by atoms with Crippen LogP contribution in [0.1, 0.15) is 42.6 Å². The van der Waals surface area contributed by atoms with E-state index in [4.69, 9.17) is 14.2 Å². The van der Waals surface area contributed by atoms with Crippen LogP contribution in [-0.2, 0) is 25.7 Å². The highest BCUT2D eigenvalue weighted by Gasteiger charge is 2.24. The van der Waals surface area contributed by atoms with E-state index >= 15 is 0 Å². The lowest BCUT2D eigenvalue weighted by Crippen LogP contribution is -2.42. The molecule has 1 heterocycles. The summed E-state index contributed by atoms with van der Waals surface area (Å²) in [5, 5.41) is 5.76. The molecule has 0 radical (unpaired) electrons. The van der Waals surface area contributed by atoms with Gasteiger partial charge in [0.25, 0.3) is 5.91 Å². The zero-order valence-electron chi connectivity index (χ0n) is 24.4. The minimum absolute atomic E-state index is 0.0201. The maximum atomic E-state index is 14.1. The number of rotatable bonds is 14. The molecular weight excluding hydrogens is 567 g/mol. The molecule has 0 saturated carbocycles. The monoisotopic (exact) mass is 600 g/mol. The minimum atomic E-state index is -1.01. The van der Waals surface area contributed by atoms with Gasteiger partial charge in [-0.25, -0.2) is 14.2 Å². The number of hydrogen-bond acceptors (Lipinski definition) is 9. The van der Waals surface area contributed by atoms with E-state index in [9.17, 15) is 18.8 Å². The average Bonchev–Trinajstić information content (AvgIpc) is 3.03. The topological polar surface area (TPSA) is 129 Å². The van der Waals surface area contributed by atoms with Crippen molar-refractivity contribution in [1.29, 1.82) is 0 Å². The Morgan fingerprint density at radius 1 is 0.864 bits per heavy atom. The Kier molecular flexibility index (Phi) is 11.3. The number of nitrogens with zero attached hydrogens (tertiary/aromatic N) is 2. The Morgan fingerprint density at radius 2 is 1.57 bits per heavy atom. The first kappa shape index (κ1) is 31.6. The smallest absolute Gasteiger partial charge is 0.328 e. The van der Waals surface area contributed by atoms with Crippen LogP contribution in [0, 0.1) is 5.82 Å². The van der Waals surface area contributed by atoms with Gasteiger partial charge in [0.1, 0.15) is 18.5 Å². The largest absolute Gasteiger partial charge is 0.473 e. The first-order valence-corrected chi connectivity index (χ1v) is 14.2. The van der Waals surface area contributed by atoms with E-state index in [0.29, 0.717) is 16.9 Å². The van der Waals surface area contributed by atoms with Gasteiger partial charge < -0.3 is 24.8 Å². The normalized spacial score (nSPS) is 11.2. The van der Waals surface area contributed by atoms with E-state index in [1.165, 1.54) is 6.07 Å². The summed E-state index contributed by atoms with van der Waals surface area (Å²) >= 11 is 0. The molecule has 0 fully saturated rings. The van der Waals surface area contributed by atoms with Crippen LogP contribution in [-0.4, -0.2) is 47.1 Å². The highest BCUT2D eigenvalue weighted by molar-refractivity contribution is 5.97. The van der Waals surface area contributed by atoms with Gasteiger partial charge in [-0.1, -0.05) is 48.5 Å². The number of carbonyl (C=O) groups excluding carboxylic acids is 3. The molecule has 0 unspecified atom stereocenters. The highest BCUT2D eigenvalue weighted by Crippen LogP contribution is 2.25. The molecule has 1 atom stereocenters. The zero-order chi connectivity index (χ0) is 31.3. The zero-order valence-corrected chi connectivity index (χ0v) is 24.4. The van der Waals surface area contributed by atoms with Crippen LogP contribution in [0.15, 0.2) is 84.9 Å². The Bertz CT molecular complexity index is 1570. The van der Waals surface area contributed by atoms with Gasteiger partial charge in [-0.2, -0.15) is 4.98 Å². The van der Waals surface area contributed by atoms with Crippen LogP contribution in [0.5, 0.6) is 5.88 Å². The summed E-state index contributed by atoms with van der Waals surface area (Å²) in [6.07, 6.45) is -0.00600. The number of aromatic nitrogens is 2. The number of halogens is 1. The third-order valence-corrected chi connectivity index (χ3v) is 6.33. The molecule has 4 rings (SSSR count). The number of ether oxygens (including phenoxy) is 3. The predicted molar refractivity (Wildman–Crippen MR) is 162 cm³/mol. The number of amides is 1. The van der Waals surface area contributed by atoms with Crippen molar-refractivity contribution in [3.8, 4) is 17.1 Å². The van der Waals surface area contributed by atoms with E-state index in [-0.39, 0.29) is 55.9 Å². The van der Waals surface area contributed by atoms with Crippen LogP contribution >= 0.6 is 0 Å². The summed E-state index contributed by atoms with van der Waals surface area (Å²) in [4.78, 5) is 46.2. The maximum Gasteiger partial charge on any atom is 0.328 e. The lowest BCUT2D eigenvalue weighted by molar-refractivity contribution is -0.146. The first-order chi connectivity index (χ1) is 21.4. The second-order valence-electron chi connectivity index (χ2n) is 9.49. The SMILES string of the molecule is CCOC(=O)CC[C@H](NC(=O)c1ccc(Nc2nc(OCc3ccccc3F)cc(-c3ccccc3)n2)cc1)C(=O)OCC. The molecule has 0 spiro atoms. The summed E-state index contributed by atoms with van der Waals surface area (Å²) in [6, 6.07) is 22.9. The maximum absolute atomic E-state index is 14.1. The van der Waals surface area contributed by atoms with Gasteiger partial charge >= 0.3 is 11.9 Å². The quantitative estimate of drug-likeness (QED) is 0.178. The Morgan fingerprint density at radius 3 is 2.27 bits per heavy atom. The molecule has 1 aromatic heterocycles. The molecule has 0 aliphatic heterocycles. The lowest BCUT2D eigenvalue weighted by Gasteiger charge is -2.17. The van der Waals surface area contributed by atoms with Crippen molar-refractivity contribution in [2.24, 2.45) is 0 Å². The minimum Gasteiger partial charge on any atom is -0.473 e. The van der Waals surface area contributed by atoms with Crippen molar-refractivity contribution in [2.45, 2.75) is 39.3 Å². The molecular formula is C33H33FN4O6.